The Hall–Kier alpha value is -1.39. The van der Waals surface area contributed by atoms with Crippen molar-refractivity contribution in [3.8, 4) is 10.4 Å². The second-order valence-electron chi connectivity index (χ2n) is 5.07. The first-order chi connectivity index (χ1) is 10.1. The van der Waals surface area contributed by atoms with Crippen molar-refractivity contribution >= 4 is 29.3 Å². The van der Waals surface area contributed by atoms with Crippen LogP contribution >= 0.6 is 22.9 Å². The average Bonchev–Trinajstić information content (AvgIpc) is 3.11. The number of aryl methyl sites for hydroxylation is 2. The highest BCUT2D eigenvalue weighted by molar-refractivity contribution is 7.15. The van der Waals surface area contributed by atoms with Gasteiger partial charge in [0.15, 0.2) is 0 Å². The number of amides is 1. The average molecular weight is 323 g/mol. The van der Waals surface area contributed by atoms with Crippen LogP contribution < -0.4 is 0 Å². The first kappa shape index (κ1) is 16.0. The molecule has 0 aliphatic carbocycles. The van der Waals surface area contributed by atoms with Crippen molar-refractivity contribution in [3.63, 3.8) is 0 Å². The molecule has 0 aromatic carbocycles. The second kappa shape index (κ2) is 7.57. The van der Waals surface area contributed by atoms with Gasteiger partial charge < -0.3 is 4.90 Å². The van der Waals surface area contributed by atoms with Gasteiger partial charge in [-0.25, -0.2) is 4.98 Å². The van der Waals surface area contributed by atoms with Gasteiger partial charge in [0, 0.05) is 34.6 Å². The number of hydrogen-bond donors (Lipinski definition) is 0. The molecule has 2 aromatic heterocycles. The first-order valence-corrected chi connectivity index (χ1v) is 8.18. The van der Waals surface area contributed by atoms with Crippen LogP contribution in [0, 0.1) is 13.8 Å². The fourth-order valence-electron chi connectivity index (χ4n) is 2.08. The Balaban J connectivity index is 0.000000194. The molecule has 1 fully saturated rings. The number of carbonyl (C=O) groups excluding carboxylic acids is 1. The lowest BCUT2D eigenvalue weighted by Gasteiger charge is -2.03. The molecular weight excluding hydrogens is 304 g/mol. The number of likely N-dealkylation sites (tertiary alicyclic amines) is 1. The number of hydrogen-bond acceptors (Lipinski definition) is 3. The highest BCUT2D eigenvalue weighted by atomic mass is 35.5. The molecule has 5 heteroatoms. The molecule has 1 amide bonds. The lowest BCUT2D eigenvalue weighted by atomic mass is 10.2. The van der Waals surface area contributed by atoms with Crippen LogP contribution in [0.25, 0.3) is 10.4 Å². The number of carbonyl (C=O) groups is 1. The van der Waals surface area contributed by atoms with Crippen LogP contribution in [0.1, 0.15) is 23.3 Å². The number of rotatable bonds is 2. The molecule has 0 unspecified atom stereocenters. The maximum absolute atomic E-state index is 9.93. The maximum atomic E-state index is 9.93. The Labute approximate surface area is 134 Å². The highest BCUT2D eigenvalue weighted by Gasteiger charge is 2.06. The topological polar surface area (TPSA) is 33.2 Å². The van der Waals surface area contributed by atoms with E-state index in [-0.39, 0.29) is 0 Å². The van der Waals surface area contributed by atoms with Gasteiger partial charge in [-0.2, -0.15) is 0 Å². The zero-order chi connectivity index (χ0) is 15.2. The van der Waals surface area contributed by atoms with E-state index >= 15 is 0 Å². The number of nitrogens with zero attached hydrogens (tertiary/aromatic N) is 2. The SMILES string of the molecule is Cc1cc(-c2ccc(Cl)nc2)sc1C.O=CN1CCCC1. The molecule has 3 nitrogen and oxygen atoms in total. The van der Waals surface area contributed by atoms with E-state index in [1.165, 1.54) is 28.2 Å². The zero-order valence-corrected chi connectivity index (χ0v) is 13.9. The summed E-state index contributed by atoms with van der Waals surface area (Å²) < 4.78 is 0. The lowest BCUT2D eigenvalue weighted by Crippen LogP contribution is -2.15. The minimum Gasteiger partial charge on any atom is -0.345 e. The number of thiophene rings is 1. The van der Waals surface area contributed by atoms with Crippen LogP contribution in [0.5, 0.6) is 0 Å². The van der Waals surface area contributed by atoms with Gasteiger partial charge in [0.2, 0.25) is 6.41 Å². The van der Waals surface area contributed by atoms with Gasteiger partial charge in [0.05, 0.1) is 0 Å². The Morgan fingerprint density at radius 1 is 1.29 bits per heavy atom. The van der Waals surface area contributed by atoms with Crippen molar-refractivity contribution in [2.75, 3.05) is 13.1 Å². The molecule has 0 spiro atoms. The van der Waals surface area contributed by atoms with E-state index in [0.29, 0.717) is 5.15 Å². The molecule has 3 rings (SSSR count). The quantitative estimate of drug-likeness (QED) is 0.609. The van der Waals surface area contributed by atoms with Crippen molar-refractivity contribution in [1.29, 1.82) is 0 Å². The van der Waals surface area contributed by atoms with Crippen molar-refractivity contribution in [1.82, 2.24) is 9.88 Å². The normalized spacial score (nSPS) is 13.8. The van der Waals surface area contributed by atoms with Gasteiger partial charge in [-0.15, -0.1) is 11.3 Å². The molecule has 0 saturated carbocycles. The number of pyridine rings is 1. The summed E-state index contributed by atoms with van der Waals surface area (Å²) in [7, 11) is 0. The van der Waals surface area contributed by atoms with Crippen molar-refractivity contribution in [3.05, 3.63) is 40.0 Å². The van der Waals surface area contributed by atoms with Crippen molar-refractivity contribution < 1.29 is 4.79 Å². The van der Waals surface area contributed by atoms with Gasteiger partial charge in [0.25, 0.3) is 0 Å². The van der Waals surface area contributed by atoms with Gasteiger partial charge in [-0.1, -0.05) is 11.6 Å². The summed E-state index contributed by atoms with van der Waals surface area (Å²) in [6.07, 6.45) is 5.12. The molecule has 0 radical (unpaired) electrons. The molecule has 112 valence electrons. The highest BCUT2D eigenvalue weighted by Crippen LogP contribution is 2.30. The summed E-state index contributed by atoms with van der Waals surface area (Å²) in [5.41, 5.74) is 2.47. The summed E-state index contributed by atoms with van der Waals surface area (Å²) in [5.74, 6) is 0. The Kier molecular flexibility index (Phi) is 5.76. The molecule has 3 heterocycles. The van der Waals surface area contributed by atoms with E-state index in [0.717, 1.165) is 25.1 Å². The van der Waals surface area contributed by atoms with Gasteiger partial charge in [0.1, 0.15) is 5.15 Å². The lowest BCUT2D eigenvalue weighted by molar-refractivity contribution is -0.117. The number of halogens is 1. The molecule has 2 aromatic rings. The summed E-state index contributed by atoms with van der Waals surface area (Å²) in [5, 5.41) is 0.541. The van der Waals surface area contributed by atoms with E-state index < -0.39 is 0 Å². The van der Waals surface area contributed by atoms with E-state index in [9.17, 15) is 4.79 Å². The van der Waals surface area contributed by atoms with Crippen LogP contribution in [0.15, 0.2) is 24.4 Å². The molecule has 0 N–H and O–H groups in total. The van der Waals surface area contributed by atoms with E-state index in [4.69, 9.17) is 11.6 Å². The largest absolute Gasteiger partial charge is 0.345 e. The second-order valence-corrected chi connectivity index (χ2v) is 6.71. The van der Waals surface area contributed by atoms with E-state index in [1.54, 1.807) is 16.2 Å². The molecule has 0 bridgehead atoms. The fourth-order valence-corrected chi connectivity index (χ4v) is 3.22. The zero-order valence-electron chi connectivity index (χ0n) is 12.3. The summed E-state index contributed by atoms with van der Waals surface area (Å²) in [6.45, 7) is 6.21. The number of aromatic nitrogens is 1. The molecule has 1 aliphatic heterocycles. The van der Waals surface area contributed by atoms with Crippen LogP contribution in [0.4, 0.5) is 0 Å². The Morgan fingerprint density at radius 2 is 2.00 bits per heavy atom. The third-order valence-corrected chi connectivity index (χ3v) is 4.89. The first-order valence-electron chi connectivity index (χ1n) is 6.98. The van der Waals surface area contributed by atoms with Gasteiger partial charge in [-0.3, -0.25) is 4.79 Å². The summed E-state index contributed by atoms with van der Waals surface area (Å²) in [6, 6.07) is 6.01. The predicted molar refractivity (Wildman–Crippen MR) is 88.9 cm³/mol. The standard InChI is InChI=1S/C11H10ClNS.C5H9NO/c1-7-5-10(14-8(7)2)9-3-4-11(12)13-6-9;7-5-6-3-1-2-4-6/h3-6H,1-2H3;5H,1-4H2. The van der Waals surface area contributed by atoms with Gasteiger partial charge in [-0.05, 0) is 50.5 Å². The van der Waals surface area contributed by atoms with Crippen molar-refractivity contribution in [2.24, 2.45) is 0 Å². The van der Waals surface area contributed by atoms with Crippen LogP contribution in [0.3, 0.4) is 0 Å². The molecular formula is C16H19ClN2OS. The minimum absolute atomic E-state index is 0.541. The van der Waals surface area contributed by atoms with E-state index in [1.807, 2.05) is 18.3 Å². The third-order valence-electron chi connectivity index (χ3n) is 3.47. The Bertz CT molecular complexity index is 569. The van der Waals surface area contributed by atoms with Crippen LogP contribution in [-0.2, 0) is 4.79 Å². The summed E-state index contributed by atoms with van der Waals surface area (Å²) in [4.78, 5) is 18.4. The summed E-state index contributed by atoms with van der Waals surface area (Å²) >= 11 is 7.52. The maximum Gasteiger partial charge on any atom is 0.209 e. The molecule has 1 saturated heterocycles. The minimum atomic E-state index is 0.541. The van der Waals surface area contributed by atoms with Crippen molar-refractivity contribution in [2.45, 2.75) is 26.7 Å². The third kappa shape index (κ3) is 4.55. The molecule has 1 aliphatic rings. The Morgan fingerprint density at radius 3 is 2.43 bits per heavy atom. The van der Waals surface area contributed by atoms with Crippen LogP contribution in [-0.4, -0.2) is 29.4 Å². The van der Waals surface area contributed by atoms with Gasteiger partial charge >= 0.3 is 0 Å². The van der Waals surface area contributed by atoms with Crippen LogP contribution in [0.2, 0.25) is 5.15 Å². The van der Waals surface area contributed by atoms with E-state index in [2.05, 4.69) is 24.9 Å². The molecule has 0 atom stereocenters. The smallest absolute Gasteiger partial charge is 0.209 e. The predicted octanol–water partition coefficient (Wildman–Crippen LogP) is 4.32. The monoisotopic (exact) mass is 322 g/mol. The molecule has 21 heavy (non-hydrogen) atoms. The fraction of sp³-hybridized carbons (Fsp3) is 0.375.